The highest BCUT2D eigenvalue weighted by Gasteiger charge is 2.32. The largest absolute Gasteiger partial charge is 0.479 e. The van der Waals surface area contributed by atoms with Gasteiger partial charge in [-0.25, -0.2) is 4.79 Å². The van der Waals surface area contributed by atoms with Gasteiger partial charge in [-0.05, 0) is 18.8 Å². The van der Waals surface area contributed by atoms with Crippen molar-refractivity contribution in [2.45, 2.75) is 45.3 Å². The quantitative estimate of drug-likeness (QED) is 0.686. The molecule has 1 fully saturated rings. The Kier molecular flexibility index (Phi) is 3.09. The summed E-state index contributed by atoms with van der Waals surface area (Å²) in [5.41, 5.74) is 0. The van der Waals surface area contributed by atoms with E-state index in [-0.39, 0.29) is 12.0 Å². The number of rotatable bonds is 5. The molecule has 1 N–H and O–H groups in total. The molecular weight excluding hydrogens is 156 g/mol. The molecule has 0 bridgehead atoms. The van der Waals surface area contributed by atoms with Gasteiger partial charge in [0.15, 0.2) is 6.10 Å². The van der Waals surface area contributed by atoms with Gasteiger partial charge in [0.05, 0.1) is 6.10 Å². The van der Waals surface area contributed by atoms with Crippen molar-refractivity contribution >= 4 is 5.97 Å². The molecule has 1 rings (SSSR count). The first-order chi connectivity index (χ1) is 5.65. The van der Waals surface area contributed by atoms with Crippen molar-refractivity contribution in [1.29, 1.82) is 0 Å². The molecule has 0 aromatic rings. The van der Waals surface area contributed by atoms with Gasteiger partial charge in [-0.3, -0.25) is 0 Å². The van der Waals surface area contributed by atoms with Crippen molar-refractivity contribution in [3.05, 3.63) is 0 Å². The van der Waals surface area contributed by atoms with E-state index in [2.05, 4.69) is 0 Å². The summed E-state index contributed by atoms with van der Waals surface area (Å²) in [6.45, 7) is 3.90. The van der Waals surface area contributed by atoms with Crippen LogP contribution < -0.4 is 0 Å². The Bertz CT molecular complexity index is 163. The zero-order valence-electron chi connectivity index (χ0n) is 7.62. The number of hydrogen-bond acceptors (Lipinski definition) is 2. The second kappa shape index (κ2) is 3.90. The Balaban J connectivity index is 2.40. The molecule has 0 aliphatic heterocycles. The predicted octanol–water partition coefficient (Wildman–Crippen LogP) is 1.66. The van der Waals surface area contributed by atoms with Crippen LogP contribution in [0.5, 0.6) is 0 Å². The fraction of sp³-hybridized carbons (Fsp3) is 0.889. The third-order valence-corrected chi connectivity index (χ3v) is 2.27. The number of hydrogen-bond donors (Lipinski definition) is 1. The fourth-order valence-corrected chi connectivity index (χ4v) is 1.06. The van der Waals surface area contributed by atoms with Crippen LogP contribution in [0.1, 0.15) is 33.1 Å². The summed E-state index contributed by atoms with van der Waals surface area (Å²) in [5.74, 6) is -0.709. The van der Waals surface area contributed by atoms with Gasteiger partial charge in [0.2, 0.25) is 0 Å². The Morgan fingerprint density at radius 3 is 2.58 bits per heavy atom. The van der Waals surface area contributed by atoms with E-state index in [4.69, 9.17) is 9.84 Å². The molecule has 3 nitrogen and oxygen atoms in total. The Morgan fingerprint density at radius 2 is 2.25 bits per heavy atom. The average molecular weight is 172 g/mol. The van der Waals surface area contributed by atoms with Gasteiger partial charge < -0.3 is 9.84 Å². The summed E-state index contributed by atoms with van der Waals surface area (Å²) in [4.78, 5) is 10.7. The smallest absolute Gasteiger partial charge is 0.333 e. The number of carboxylic acids is 1. The summed E-state index contributed by atoms with van der Waals surface area (Å²) in [7, 11) is 0. The molecule has 0 spiro atoms. The summed E-state index contributed by atoms with van der Waals surface area (Å²) in [6.07, 6.45) is 2.53. The highest BCUT2D eigenvalue weighted by atomic mass is 16.5. The summed E-state index contributed by atoms with van der Waals surface area (Å²) in [6, 6.07) is 0. The zero-order valence-corrected chi connectivity index (χ0v) is 7.62. The molecule has 0 aromatic carbocycles. The molecule has 0 saturated heterocycles. The lowest BCUT2D eigenvalue weighted by Gasteiger charge is -2.18. The SMILES string of the molecule is CCC(C)[C@H](OC1CC1)C(=O)O. The molecule has 0 heterocycles. The molecule has 1 saturated carbocycles. The van der Waals surface area contributed by atoms with Gasteiger partial charge in [0.1, 0.15) is 0 Å². The van der Waals surface area contributed by atoms with Gasteiger partial charge >= 0.3 is 5.97 Å². The van der Waals surface area contributed by atoms with Crippen LogP contribution in [0.15, 0.2) is 0 Å². The molecule has 0 aromatic heterocycles. The zero-order chi connectivity index (χ0) is 9.14. The van der Waals surface area contributed by atoms with Crippen molar-refractivity contribution in [2.24, 2.45) is 5.92 Å². The van der Waals surface area contributed by atoms with Gasteiger partial charge in [0, 0.05) is 0 Å². The van der Waals surface area contributed by atoms with Crippen molar-refractivity contribution in [2.75, 3.05) is 0 Å². The highest BCUT2D eigenvalue weighted by molar-refractivity contribution is 5.72. The van der Waals surface area contributed by atoms with Gasteiger partial charge in [0.25, 0.3) is 0 Å². The normalized spacial score (nSPS) is 21.8. The monoisotopic (exact) mass is 172 g/mol. The third-order valence-electron chi connectivity index (χ3n) is 2.27. The van der Waals surface area contributed by atoms with E-state index in [1.165, 1.54) is 0 Å². The summed E-state index contributed by atoms with van der Waals surface area (Å²) in [5, 5.41) is 8.83. The lowest BCUT2D eigenvalue weighted by Crippen LogP contribution is -2.31. The number of ether oxygens (including phenoxy) is 1. The molecule has 0 radical (unpaired) electrons. The molecule has 1 unspecified atom stereocenters. The van der Waals surface area contributed by atoms with Crippen LogP contribution in [0.2, 0.25) is 0 Å². The molecule has 2 atom stereocenters. The van der Waals surface area contributed by atoms with E-state index in [9.17, 15) is 4.79 Å². The molecular formula is C9H16O3. The van der Waals surface area contributed by atoms with Crippen LogP contribution in [-0.4, -0.2) is 23.3 Å². The summed E-state index contributed by atoms with van der Waals surface area (Å²) < 4.78 is 5.38. The molecule has 12 heavy (non-hydrogen) atoms. The number of carbonyl (C=O) groups is 1. The van der Waals surface area contributed by atoms with E-state index in [1.807, 2.05) is 13.8 Å². The second-order valence-electron chi connectivity index (χ2n) is 3.48. The van der Waals surface area contributed by atoms with Crippen LogP contribution in [0.3, 0.4) is 0 Å². The lowest BCUT2D eigenvalue weighted by atomic mass is 10.0. The standard InChI is InChI=1S/C9H16O3/c1-3-6(2)8(9(10)11)12-7-4-5-7/h6-8H,3-5H2,1-2H3,(H,10,11)/t6?,8-/m0/s1. The van der Waals surface area contributed by atoms with Crippen LogP contribution >= 0.6 is 0 Å². The van der Waals surface area contributed by atoms with Crippen LogP contribution in [0.4, 0.5) is 0 Å². The maximum atomic E-state index is 10.7. The van der Waals surface area contributed by atoms with E-state index < -0.39 is 12.1 Å². The van der Waals surface area contributed by atoms with E-state index in [1.54, 1.807) is 0 Å². The van der Waals surface area contributed by atoms with Crippen molar-refractivity contribution in [3.8, 4) is 0 Å². The van der Waals surface area contributed by atoms with Gasteiger partial charge in [-0.1, -0.05) is 20.3 Å². The predicted molar refractivity (Wildman–Crippen MR) is 45.0 cm³/mol. The van der Waals surface area contributed by atoms with Crippen molar-refractivity contribution in [3.63, 3.8) is 0 Å². The Labute approximate surface area is 72.7 Å². The fourth-order valence-electron chi connectivity index (χ4n) is 1.06. The first-order valence-corrected chi connectivity index (χ1v) is 4.53. The minimum absolute atomic E-state index is 0.114. The van der Waals surface area contributed by atoms with Crippen LogP contribution in [0.25, 0.3) is 0 Å². The lowest BCUT2D eigenvalue weighted by molar-refractivity contribution is -0.155. The number of carboxylic acid groups (broad SMARTS) is 1. The summed E-state index contributed by atoms with van der Waals surface area (Å²) >= 11 is 0. The molecule has 1 aliphatic rings. The number of aliphatic carboxylic acids is 1. The van der Waals surface area contributed by atoms with Gasteiger partial charge in [-0.2, -0.15) is 0 Å². The minimum Gasteiger partial charge on any atom is -0.479 e. The third kappa shape index (κ3) is 2.48. The van der Waals surface area contributed by atoms with Crippen LogP contribution in [0, 0.1) is 5.92 Å². The highest BCUT2D eigenvalue weighted by Crippen LogP contribution is 2.27. The molecule has 70 valence electrons. The topological polar surface area (TPSA) is 46.5 Å². The Hall–Kier alpha value is -0.570. The first-order valence-electron chi connectivity index (χ1n) is 4.53. The molecule has 3 heteroatoms. The molecule has 1 aliphatic carbocycles. The van der Waals surface area contributed by atoms with E-state index in [0.29, 0.717) is 0 Å². The second-order valence-corrected chi connectivity index (χ2v) is 3.48. The van der Waals surface area contributed by atoms with E-state index in [0.717, 1.165) is 19.3 Å². The minimum atomic E-state index is -0.823. The maximum absolute atomic E-state index is 10.7. The maximum Gasteiger partial charge on any atom is 0.333 e. The Morgan fingerprint density at radius 1 is 1.67 bits per heavy atom. The van der Waals surface area contributed by atoms with Crippen molar-refractivity contribution in [1.82, 2.24) is 0 Å². The van der Waals surface area contributed by atoms with Gasteiger partial charge in [-0.15, -0.1) is 0 Å². The average Bonchev–Trinajstić information content (AvgIpc) is 2.81. The first kappa shape index (κ1) is 9.52. The molecule has 0 amide bonds. The van der Waals surface area contributed by atoms with Crippen molar-refractivity contribution < 1.29 is 14.6 Å². The van der Waals surface area contributed by atoms with Crippen LogP contribution in [-0.2, 0) is 9.53 Å². The van der Waals surface area contributed by atoms with E-state index >= 15 is 0 Å².